The van der Waals surface area contributed by atoms with E-state index in [9.17, 15) is 0 Å². The molecule has 136 valence electrons. The van der Waals surface area contributed by atoms with Crippen molar-refractivity contribution in [2.45, 2.75) is 33.2 Å². The third-order valence-corrected chi connectivity index (χ3v) is 6.00. The maximum atomic E-state index is 6.01. The van der Waals surface area contributed by atoms with Gasteiger partial charge in [-0.15, -0.1) is 12.4 Å². The molecule has 2 aliphatic heterocycles. The number of halogens is 2. The van der Waals surface area contributed by atoms with E-state index in [2.05, 4.69) is 24.1 Å². The Morgan fingerprint density at radius 2 is 1.96 bits per heavy atom. The van der Waals surface area contributed by atoms with Gasteiger partial charge in [0, 0.05) is 35.9 Å². The summed E-state index contributed by atoms with van der Waals surface area (Å²) in [5.74, 6) is 0. The van der Waals surface area contributed by atoms with Gasteiger partial charge in [-0.1, -0.05) is 11.6 Å². The monoisotopic (exact) mass is 380 g/mol. The van der Waals surface area contributed by atoms with E-state index >= 15 is 0 Å². The van der Waals surface area contributed by atoms with Crippen molar-refractivity contribution >= 4 is 24.0 Å². The van der Waals surface area contributed by atoms with Gasteiger partial charge in [-0.25, -0.2) is 4.68 Å². The SMILES string of the molecule is Cc1nn(-c2ccc(Cl)cc2)c(C)c1CN1CCC2(CCNC2)C1.Cl. The maximum Gasteiger partial charge on any atom is 0.0649 e. The van der Waals surface area contributed by atoms with E-state index in [4.69, 9.17) is 16.7 Å². The Morgan fingerprint density at radius 3 is 2.64 bits per heavy atom. The molecular weight excluding hydrogens is 355 g/mol. The molecule has 2 aliphatic rings. The molecule has 2 aromatic rings. The number of aromatic nitrogens is 2. The van der Waals surface area contributed by atoms with Gasteiger partial charge in [0.25, 0.3) is 0 Å². The topological polar surface area (TPSA) is 33.1 Å². The molecule has 0 aliphatic carbocycles. The zero-order valence-electron chi connectivity index (χ0n) is 14.9. The smallest absolute Gasteiger partial charge is 0.0649 e. The highest BCUT2D eigenvalue weighted by atomic mass is 35.5. The molecule has 4 nitrogen and oxygen atoms in total. The average molecular weight is 381 g/mol. The quantitative estimate of drug-likeness (QED) is 0.879. The molecule has 1 aromatic carbocycles. The Hall–Kier alpha value is -1.07. The Morgan fingerprint density at radius 1 is 1.20 bits per heavy atom. The molecule has 4 rings (SSSR count). The first-order chi connectivity index (χ1) is 11.6. The summed E-state index contributed by atoms with van der Waals surface area (Å²) in [6.07, 6.45) is 2.65. The van der Waals surface area contributed by atoms with Crippen LogP contribution in [0.25, 0.3) is 5.69 Å². The second kappa shape index (κ2) is 7.28. The van der Waals surface area contributed by atoms with Crippen molar-refractivity contribution in [1.29, 1.82) is 0 Å². The minimum absolute atomic E-state index is 0. The first kappa shape index (κ1) is 18.7. The molecule has 0 radical (unpaired) electrons. The lowest BCUT2D eigenvalue weighted by Crippen LogP contribution is -2.29. The zero-order valence-corrected chi connectivity index (χ0v) is 16.5. The van der Waals surface area contributed by atoms with Crippen molar-refractivity contribution in [3.8, 4) is 5.69 Å². The highest BCUT2D eigenvalue weighted by Gasteiger charge is 2.40. The Kier molecular flexibility index (Phi) is 5.45. The van der Waals surface area contributed by atoms with Gasteiger partial charge in [-0.3, -0.25) is 4.90 Å². The van der Waals surface area contributed by atoms with Crippen LogP contribution in [0.2, 0.25) is 5.02 Å². The van der Waals surface area contributed by atoms with Crippen molar-refractivity contribution < 1.29 is 0 Å². The van der Waals surface area contributed by atoms with Gasteiger partial charge < -0.3 is 5.32 Å². The summed E-state index contributed by atoms with van der Waals surface area (Å²) in [5, 5.41) is 9.07. The normalized spacial score (nSPS) is 23.3. The summed E-state index contributed by atoms with van der Waals surface area (Å²) < 4.78 is 2.05. The lowest BCUT2D eigenvalue weighted by atomic mass is 9.86. The Bertz CT molecular complexity index is 733. The summed E-state index contributed by atoms with van der Waals surface area (Å²) in [5.41, 5.74) is 5.33. The van der Waals surface area contributed by atoms with Crippen LogP contribution in [0, 0.1) is 19.3 Å². The number of benzene rings is 1. The van der Waals surface area contributed by atoms with Crippen LogP contribution in [0.3, 0.4) is 0 Å². The van der Waals surface area contributed by atoms with E-state index in [1.165, 1.54) is 50.3 Å². The number of likely N-dealkylation sites (tertiary alicyclic amines) is 1. The van der Waals surface area contributed by atoms with Gasteiger partial charge in [0.2, 0.25) is 0 Å². The fourth-order valence-corrected chi connectivity index (χ4v) is 4.39. The third kappa shape index (κ3) is 3.59. The molecule has 0 bridgehead atoms. The second-order valence-corrected chi connectivity index (χ2v) is 7.86. The molecular formula is C19H26Cl2N4. The molecule has 2 saturated heterocycles. The molecule has 1 spiro atoms. The highest BCUT2D eigenvalue weighted by molar-refractivity contribution is 6.30. The predicted octanol–water partition coefficient (Wildman–Crippen LogP) is 3.75. The molecule has 0 amide bonds. The standard InChI is InChI=1S/C19H25ClN4.ClH/c1-14-18(11-23-10-8-19(13-23)7-9-21-12-19)15(2)24(22-14)17-5-3-16(20)4-6-17;/h3-6,21H,7-13H2,1-2H3;1H. The number of nitrogens with one attached hydrogen (secondary N) is 1. The number of aryl methyl sites for hydroxylation is 1. The van der Waals surface area contributed by atoms with Crippen LogP contribution in [0.15, 0.2) is 24.3 Å². The van der Waals surface area contributed by atoms with Crippen molar-refractivity contribution in [3.63, 3.8) is 0 Å². The summed E-state index contributed by atoms with van der Waals surface area (Å²) in [7, 11) is 0. The molecule has 3 heterocycles. The first-order valence-electron chi connectivity index (χ1n) is 8.80. The van der Waals surface area contributed by atoms with E-state index in [0.717, 1.165) is 22.9 Å². The largest absolute Gasteiger partial charge is 0.316 e. The van der Waals surface area contributed by atoms with Gasteiger partial charge in [0.1, 0.15) is 0 Å². The fraction of sp³-hybridized carbons (Fsp3) is 0.526. The van der Waals surface area contributed by atoms with Crippen LogP contribution >= 0.6 is 24.0 Å². The molecule has 25 heavy (non-hydrogen) atoms. The van der Waals surface area contributed by atoms with Gasteiger partial charge in [-0.05, 0) is 69.5 Å². The second-order valence-electron chi connectivity index (χ2n) is 7.43. The van der Waals surface area contributed by atoms with Gasteiger partial charge in [0.05, 0.1) is 11.4 Å². The number of nitrogens with zero attached hydrogens (tertiary/aromatic N) is 3. The van der Waals surface area contributed by atoms with Crippen LogP contribution in [-0.4, -0.2) is 40.9 Å². The predicted molar refractivity (Wildman–Crippen MR) is 105 cm³/mol. The van der Waals surface area contributed by atoms with Crippen molar-refractivity contribution in [2.24, 2.45) is 5.41 Å². The Balaban J connectivity index is 0.00000182. The maximum absolute atomic E-state index is 6.01. The Labute approximate surface area is 160 Å². The lowest BCUT2D eigenvalue weighted by molar-refractivity contribution is 0.268. The van der Waals surface area contributed by atoms with Gasteiger partial charge >= 0.3 is 0 Å². The van der Waals surface area contributed by atoms with E-state index in [1.54, 1.807) is 0 Å². The van der Waals surface area contributed by atoms with E-state index in [-0.39, 0.29) is 12.4 Å². The van der Waals surface area contributed by atoms with Crippen molar-refractivity contribution in [1.82, 2.24) is 20.0 Å². The molecule has 1 N–H and O–H groups in total. The third-order valence-electron chi connectivity index (χ3n) is 5.74. The molecule has 2 fully saturated rings. The molecule has 1 atom stereocenters. The minimum atomic E-state index is 0. The van der Waals surface area contributed by atoms with Crippen molar-refractivity contribution in [2.75, 3.05) is 26.2 Å². The number of hydrogen-bond donors (Lipinski definition) is 1. The highest BCUT2D eigenvalue weighted by Crippen LogP contribution is 2.37. The van der Waals surface area contributed by atoms with Crippen molar-refractivity contribution in [3.05, 3.63) is 46.2 Å². The molecule has 1 unspecified atom stereocenters. The molecule has 0 saturated carbocycles. The van der Waals surface area contributed by atoms with Gasteiger partial charge in [-0.2, -0.15) is 5.10 Å². The van der Waals surface area contributed by atoms with Crippen LogP contribution in [0.5, 0.6) is 0 Å². The number of hydrogen-bond acceptors (Lipinski definition) is 3. The van der Waals surface area contributed by atoms with E-state index in [1.807, 2.05) is 28.9 Å². The van der Waals surface area contributed by atoms with E-state index < -0.39 is 0 Å². The van der Waals surface area contributed by atoms with Crippen LogP contribution < -0.4 is 5.32 Å². The summed E-state index contributed by atoms with van der Waals surface area (Å²) >= 11 is 6.01. The number of rotatable bonds is 3. The molecule has 6 heteroatoms. The van der Waals surface area contributed by atoms with Gasteiger partial charge in [0.15, 0.2) is 0 Å². The first-order valence-corrected chi connectivity index (χ1v) is 9.18. The summed E-state index contributed by atoms with van der Waals surface area (Å²) in [6, 6.07) is 7.90. The van der Waals surface area contributed by atoms with Crippen LogP contribution in [-0.2, 0) is 6.54 Å². The van der Waals surface area contributed by atoms with Crippen LogP contribution in [0.4, 0.5) is 0 Å². The summed E-state index contributed by atoms with van der Waals surface area (Å²) in [4.78, 5) is 2.61. The van der Waals surface area contributed by atoms with E-state index in [0.29, 0.717) is 5.41 Å². The average Bonchev–Trinajstić information content (AvgIpc) is 3.26. The zero-order chi connectivity index (χ0) is 16.7. The minimum Gasteiger partial charge on any atom is -0.316 e. The lowest BCUT2D eigenvalue weighted by Gasteiger charge is -2.23. The summed E-state index contributed by atoms with van der Waals surface area (Å²) in [6.45, 7) is 10.1. The fourth-order valence-electron chi connectivity index (χ4n) is 4.27. The van der Waals surface area contributed by atoms with Crippen LogP contribution in [0.1, 0.15) is 29.8 Å². The molecule has 1 aromatic heterocycles.